The fourth-order valence-electron chi connectivity index (χ4n) is 2.44. The predicted molar refractivity (Wildman–Crippen MR) is 84.3 cm³/mol. The first kappa shape index (κ1) is 15.2. The van der Waals surface area contributed by atoms with Crippen molar-refractivity contribution in [3.05, 3.63) is 53.9 Å². The summed E-state index contributed by atoms with van der Waals surface area (Å²) in [5.41, 5.74) is 2.13. The first-order valence-electron chi connectivity index (χ1n) is 7.30. The van der Waals surface area contributed by atoms with E-state index in [0.717, 1.165) is 17.0 Å². The van der Waals surface area contributed by atoms with Crippen LogP contribution in [0, 0.1) is 6.92 Å². The third-order valence-corrected chi connectivity index (χ3v) is 3.46. The first-order chi connectivity index (χ1) is 11.2. The smallest absolute Gasteiger partial charge is 0.223 e. The van der Waals surface area contributed by atoms with Crippen LogP contribution in [-0.4, -0.2) is 39.0 Å². The largest absolute Gasteiger partial charge is 0.497 e. The van der Waals surface area contributed by atoms with E-state index in [0.29, 0.717) is 24.8 Å². The number of benzene rings is 1. The van der Waals surface area contributed by atoms with Gasteiger partial charge in [-0.2, -0.15) is 10.1 Å². The van der Waals surface area contributed by atoms with E-state index < -0.39 is 0 Å². The van der Waals surface area contributed by atoms with E-state index in [9.17, 15) is 0 Å². The van der Waals surface area contributed by atoms with Gasteiger partial charge in [0.1, 0.15) is 5.75 Å². The van der Waals surface area contributed by atoms with Gasteiger partial charge in [0.05, 0.1) is 19.3 Å². The van der Waals surface area contributed by atoms with Crippen molar-refractivity contribution in [2.45, 2.75) is 20.0 Å². The average molecular weight is 313 g/mol. The summed E-state index contributed by atoms with van der Waals surface area (Å²) in [7, 11) is 3.68. The van der Waals surface area contributed by atoms with Crippen LogP contribution in [0.15, 0.2) is 41.2 Å². The molecule has 0 saturated carbocycles. The van der Waals surface area contributed by atoms with Crippen LogP contribution in [0.5, 0.6) is 5.75 Å². The maximum Gasteiger partial charge on any atom is 0.223 e. The Hall–Kier alpha value is -2.67. The fraction of sp³-hybridized carbons (Fsp3) is 0.312. The molecule has 2 aromatic heterocycles. The third kappa shape index (κ3) is 3.57. The van der Waals surface area contributed by atoms with Crippen molar-refractivity contribution in [2.75, 3.05) is 14.2 Å². The minimum atomic E-state index is 0.576. The summed E-state index contributed by atoms with van der Waals surface area (Å²) in [6.45, 7) is 3.10. The van der Waals surface area contributed by atoms with Crippen LogP contribution in [0.4, 0.5) is 0 Å². The Balaban J connectivity index is 1.82. The molecule has 0 radical (unpaired) electrons. The Morgan fingerprint density at radius 1 is 1.30 bits per heavy atom. The topological polar surface area (TPSA) is 69.2 Å². The van der Waals surface area contributed by atoms with Crippen molar-refractivity contribution in [3.8, 4) is 11.4 Å². The number of nitrogens with zero attached hydrogens (tertiary/aromatic N) is 5. The van der Waals surface area contributed by atoms with Gasteiger partial charge in [0, 0.05) is 25.9 Å². The van der Waals surface area contributed by atoms with Crippen LogP contribution < -0.4 is 4.74 Å². The zero-order valence-corrected chi connectivity index (χ0v) is 13.4. The lowest BCUT2D eigenvalue weighted by atomic mass is 10.1. The Morgan fingerprint density at radius 3 is 2.83 bits per heavy atom. The Bertz CT molecular complexity index is 767. The molecule has 0 aliphatic rings. The first-order valence-corrected chi connectivity index (χ1v) is 7.30. The standard InChI is InChI=1S/C16H19N5O2/c1-12-18-16(19-23-12)11-20(2)10-13-9-14(22-3)5-6-15(13)21-8-4-7-17-21/h4-9H,10-11H2,1-3H3. The summed E-state index contributed by atoms with van der Waals surface area (Å²) < 4.78 is 12.2. The minimum absolute atomic E-state index is 0.576. The third-order valence-electron chi connectivity index (χ3n) is 3.46. The molecule has 120 valence electrons. The van der Waals surface area contributed by atoms with Gasteiger partial charge >= 0.3 is 0 Å². The van der Waals surface area contributed by atoms with Gasteiger partial charge in [-0.25, -0.2) is 4.68 Å². The molecule has 0 bridgehead atoms. The number of aromatic nitrogens is 4. The number of aryl methyl sites for hydroxylation is 1. The number of hydrogen-bond acceptors (Lipinski definition) is 6. The van der Waals surface area contributed by atoms with Crippen molar-refractivity contribution < 1.29 is 9.26 Å². The predicted octanol–water partition coefficient (Wildman–Crippen LogP) is 2.20. The summed E-state index contributed by atoms with van der Waals surface area (Å²) in [4.78, 5) is 6.35. The highest BCUT2D eigenvalue weighted by Crippen LogP contribution is 2.22. The molecule has 7 nitrogen and oxygen atoms in total. The average Bonchev–Trinajstić information content (AvgIpc) is 3.19. The molecule has 0 aliphatic heterocycles. The second-order valence-corrected chi connectivity index (χ2v) is 5.35. The molecule has 0 fully saturated rings. The van der Waals surface area contributed by atoms with Gasteiger partial charge in [-0.1, -0.05) is 5.16 Å². The summed E-state index contributed by atoms with van der Waals surface area (Å²) in [5.74, 6) is 2.07. The lowest BCUT2D eigenvalue weighted by Gasteiger charge is -2.18. The number of ether oxygens (including phenoxy) is 1. The number of methoxy groups -OCH3 is 1. The van der Waals surface area contributed by atoms with Crippen LogP contribution in [0.25, 0.3) is 5.69 Å². The summed E-state index contributed by atoms with van der Waals surface area (Å²) in [5, 5.41) is 8.25. The van der Waals surface area contributed by atoms with E-state index in [1.807, 2.05) is 42.2 Å². The van der Waals surface area contributed by atoms with Gasteiger partial charge < -0.3 is 9.26 Å². The molecule has 1 aromatic carbocycles. The SMILES string of the molecule is COc1ccc(-n2cccn2)c(CN(C)Cc2noc(C)n2)c1. The monoisotopic (exact) mass is 313 g/mol. The second kappa shape index (κ2) is 6.62. The molecule has 23 heavy (non-hydrogen) atoms. The molecule has 0 N–H and O–H groups in total. The molecule has 0 aliphatic carbocycles. The van der Waals surface area contributed by atoms with Crippen molar-refractivity contribution >= 4 is 0 Å². The van der Waals surface area contributed by atoms with Gasteiger partial charge in [0.2, 0.25) is 5.89 Å². The molecule has 3 rings (SSSR count). The highest BCUT2D eigenvalue weighted by atomic mass is 16.5. The molecule has 0 unspecified atom stereocenters. The molecule has 0 saturated heterocycles. The van der Waals surface area contributed by atoms with E-state index >= 15 is 0 Å². The molecule has 0 spiro atoms. The van der Waals surface area contributed by atoms with Crippen LogP contribution in [0.1, 0.15) is 17.3 Å². The molecule has 2 heterocycles. The molecule has 0 amide bonds. The Morgan fingerprint density at radius 2 is 2.17 bits per heavy atom. The second-order valence-electron chi connectivity index (χ2n) is 5.35. The van der Waals surface area contributed by atoms with Crippen LogP contribution in [0.3, 0.4) is 0 Å². The maximum absolute atomic E-state index is 5.34. The van der Waals surface area contributed by atoms with Gasteiger partial charge in [-0.05, 0) is 36.9 Å². The molecular formula is C16H19N5O2. The summed E-state index contributed by atoms with van der Waals surface area (Å²) >= 11 is 0. The van der Waals surface area contributed by atoms with Gasteiger partial charge in [-0.3, -0.25) is 4.90 Å². The molecule has 0 atom stereocenters. The fourth-order valence-corrected chi connectivity index (χ4v) is 2.44. The highest BCUT2D eigenvalue weighted by Gasteiger charge is 2.12. The Labute approximate surface area is 134 Å². The zero-order valence-electron chi connectivity index (χ0n) is 13.4. The van der Waals surface area contributed by atoms with Gasteiger partial charge in [-0.15, -0.1) is 0 Å². The zero-order chi connectivity index (χ0) is 16.2. The normalized spacial score (nSPS) is 11.1. The molecule has 7 heteroatoms. The van der Waals surface area contributed by atoms with E-state index in [2.05, 4.69) is 20.1 Å². The Kier molecular flexibility index (Phi) is 4.38. The van der Waals surface area contributed by atoms with E-state index in [1.165, 1.54) is 0 Å². The van der Waals surface area contributed by atoms with Crippen LogP contribution in [0.2, 0.25) is 0 Å². The van der Waals surface area contributed by atoms with E-state index in [4.69, 9.17) is 9.26 Å². The minimum Gasteiger partial charge on any atom is -0.497 e. The lowest BCUT2D eigenvalue weighted by molar-refractivity contribution is 0.299. The molecular weight excluding hydrogens is 294 g/mol. The van der Waals surface area contributed by atoms with Crippen molar-refractivity contribution in [2.24, 2.45) is 0 Å². The van der Waals surface area contributed by atoms with Crippen molar-refractivity contribution in [3.63, 3.8) is 0 Å². The van der Waals surface area contributed by atoms with Gasteiger partial charge in [0.15, 0.2) is 5.82 Å². The van der Waals surface area contributed by atoms with Gasteiger partial charge in [0.25, 0.3) is 0 Å². The molecule has 3 aromatic rings. The van der Waals surface area contributed by atoms with E-state index in [1.54, 1.807) is 20.2 Å². The maximum atomic E-state index is 5.34. The summed E-state index contributed by atoms with van der Waals surface area (Å²) in [6, 6.07) is 7.87. The number of rotatable bonds is 6. The number of hydrogen-bond donors (Lipinski definition) is 0. The van der Waals surface area contributed by atoms with Crippen molar-refractivity contribution in [1.29, 1.82) is 0 Å². The van der Waals surface area contributed by atoms with Crippen molar-refractivity contribution in [1.82, 2.24) is 24.8 Å². The van der Waals surface area contributed by atoms with E-state index in [-0.39, 0.29) is 0 Å². The quantitative estimate of drug-likeness (QED) is 0.695. The summed E-state index contributed by atoms with van der Waals surface area (Å²) in [6.07, 6.45) is 3.69. The lowest BCUT2D eigenvalue weighted by Crippen LogP contribution is -2.19. The van der Waals surface area contributed by atoms with Crippen LogP contribution in [-0.2, 0) is 13.1 Å². The van der Waals surface area contributed by atoms with Crippen LogP contribution >= 0.6 is 0 Å². The highest BCUT2D eigenvalue weighted by molar-refractivity contribution is 5.45.